The van der Waals surface area contributed by atoms with Crippen molar-refractivity contribution in [1.29, 1.82) is 10.5 Å². The number of hydrogen-bond donors (Lipinski definition) is 4. The molecule has 4 aromatic carbocycles. The Morgan fingerprint density at radius 1 is 0.695 bits per heavy atom. The predicted octanol–water partition coefficient (Wildman–Crippen LogP) is 8.48. The molecule has 0 spiro atoms. The van der Waals surface area contributed by atoms with Crippen molar-refractivity contribution >= 4 is 27.9 Å². The van der Waals surface area contributed by atoms with Crippen LogP contribution in [0.15, 0.2) is 89.4 Å². The Kier molecular flexibility index (Phi) is 16.4. The standard InChI is InChI=1S/C46H46BrN5O7/c1-30-36(7-3-9-40(30)41-10-4-8-39(31(41)2)35-13-15-38(16-14-35)57-20-19-50-17-5-11-43(53)54)29-59-46-42(47)24-37(27-51-18-6-12-44(55)56)45(52-46)58-28-34-22-32(25-48)21-33(23-34)26-49/h3-4,7-10,13-16,21-24,50-51H,5-6,11-12,17-20,27-29H2,1-2H3,(H,53,54)(H,55,56). The highest BCUT2D eigenvalue weighted by molar-refractivity contribution is 9.10. The molecule has 5 aromatic rings. The lowest BCUT2D eigenvalue weighted by molar-refractivity contribution is -0.138. The topological polar surface area (TPSA) is 187 Å². The molecule has 0 saturated heterocycles. The van der Waals surface area contributed by atoms with E-state index in [1.807, 2.05) is 30.3 Å². The molecule has 304 valence electrons. The Labute approximate surface area is 352 Å². The van der Waals surface area contributed by atoms with Gasteiger partial charge in [-0.05, 0) is 137 Å². The van der Waals surface area contributed by atoms with Crippen molar-refractivity contribution < 1.29 is 34.0 Å². The number of nitrogens with zero attached hydrogens (tertiary/aromatic N) is 3. The van der Waals surface area contributed by atoms with Crippen molar-refractivity contribution in [2.75, 3.05) is 26.2 Å². The van der Waals surface area contributed by atoms with Crippen LogP contribution in [0.5, 0.6) is 17.5 Å². The van der Waals surface area contributed by atoms with Crippen molar-refractivity contribution in [2.45, 2.75) is 59.3 Å². The number of carboxylic acids is 2. The minimum atomic E-state index is -0.856. The number of aliphatic carboxylic acids is 2. The molecule has 0 bridgehead atoms. The van der Waals surface area contributed by atoms with Crippen LogP contribution in [0.25, 0.3) is 22.3 Å². The van der Waals surface area contributed by atoms with Crippen LogP contribution in [0.2, 0.25) is 0 Å². The number of ether oxygens (including phenoxy) is 3. The molecule has 0 atom stereocenters. The van der Waals surface area contributed by atoms with Crippen molar-refractivity contribution in [3.63, 3.8) is 0 Å². The fourth-order valence-electron chi connectivity index (χ4n) is 6.47. The summed E-state index contributed by atoms with van der Waals surface area (Å²) in [5.41, 5.74) is 9.58. The first-order valence-corrected chi connectivity index (χ1v) is 20.0. The maximum atomic E-state index is 11.0. The van der Waals surface area contributed by atoms with Crippen LogP contribution in [-0.4, -0.2) is 53.4 Å². The monoisotopic (exact) mass is 859 g/mol. The molecule has 12 nitrogen and oxygen atoms in total. The minimum absolute atomic E-state index is 0.0533. The molecule has 0 amide bonds. The summed E-state index contributed by atoms with van der Waals surface area (Å²) in [4.78, 5) is 26.4. The number of pyridine rings is 1. The number of hydrogen-bond acceptors (Lipinski definition) is 10. The smallest absolute Gasteiger partial charge is 0.303 e. The summed E-state index contributed by atoms with van der Waals surface area (Å²) in [6, 6.07) is 31.3. The fraction of sp³-hybridized carbons (Fsp3) is 0.283. The highest BCUT2D eigenvalue weighted by Gasteiger charge is 2.17. The third-order valence-corrected chi connectivity index (χ3v) is 10.1. The molecule has 1 aromatic heterocycles. The van der Waals surface area contributed by atoms with Crippen LogP contribution in [0.4, 0.5) is 0 Å². The molecule has 1 heterocycles. The minimum Gasteiger partial charge on any atom is -0.492 e. The number of carbonyl (C=O) groups is 2. The second-order valence-corrected chi connectivity index (χ2v) is 14.7. The van der Waals surface area contributed by atoms with Crippen LogP contribution in [-0.2, 0) is 29.3 Å². The summed E-state index contributed by atoms with van der Waals surface area (Å²) in [5.74, 6) is -0.266. The molecule has 4 N–H and O–H groups in total. The zero-order chi connectivity index (χ0) is 42.1. The molecule has 0 aliphatic heterocycles. The van der Waals surface area contributed by atoms with Crippen molar-refractivity contribution in [2.24, 2.45) is 0 Å². The Morgan fingerprint density at radius 3 is 1.97 bits per heavy atom. The summed E-state index contributed by atoms with van der Waals surface area (Å²) in [6.45, 7) is 7.06. The van der Waals surface area contributed by atoms with E-state index in [1.54, 1.807) is 12.1 Å². The largest absolute Gasteiger partial charge is 0.492 e. The molecule has 0 radical (unpaired) electrons. The molecule has 13 heteroatoms. The van der Waals surface area contributed by atoms with Gasteiger partial charge in [0.05, 0.1) is 27.7 Å². The third-order valence-electron chi connectivity index (χ3n) is 9.56. The number of nitriles is 2. The van der Waals surface area contributed by atoms with E-state index < -0.39 is 11.9 Å². The van der Waals surface area contributed by atoms with Gasteiger partial charge in [0, 0.05) is 31.5 Å². The van der Waals surface area contributed by atoms with Crippen LogP contribution < -0.4 is 24.8 Å². The van der Waals surface area contributed by atoms with Gasteiger partial charge >= 0.3 is 11.9 Å². The van der Waals surface area contributed by atoms with Gasteiger partial charge in [0.2, 0.25) is 11.8 Å². The molecule has 0 unspecified atom stereocenters. The van der Waals surface area contributed by atoms with Crippen molar-refractivity contribution in [3.8, 4) is 51.9 Å². The molecule has 5 rings (SSSR count). The summed E-state index contributed by atoms with van der Waals surface area (Å²) in [5, 5.41) is 43.1. The lowest BCUT2D eigenvalue weighted by Crippen LogP contribution is -2.22. The average molecular weight is 861 g/mol. The van der Waals surface area contributed by atoms with E-state index in [-0.39, 0.29) is 26.1 Å². The van der Waals surface area contributed by atoms with Gasteiger partial charge in [-0.15, -0.1) is 0 Å². The normalized spacial score (nSPS) is 10.7. The SMILES string of the molecule is Cc1c(COc2nc(OCc3cc(C#N)cc(C#N)c3)c(CNCCCC(=O)O)cc2Br)cccc1-c1cccc(-c2ccc(OCCNCCCC(=O)O)cc2)c1C. The molecule has 0 aliphatic carbocycles. The molecule has 0 fully saturated rings. The molecular weight excluding hydrogens is 814 g/mol. The van der Waals surface area contributed by atoms with Crippen LogP contribution in [0.3, 0.4) is 0 Å². The van der Waals surface area contributed by atoms with E-state index >= 15 is 0 Å². The van der Waals surface area contributed by atoms with Gasteiger partial charge in [0.15, 0.2) is 0 Å². The van der Waals surface area contributed by atoms with Crippen molar-refractivity contribution in [3.05, 3.63) is 128 Å². The molecule has 59 heavy (non-hydrogen) atoms. The van der Waals surface area contributed by atoms with Gasteiger partial charge in [0.1, 0.15) is 25.6 Å². The number of nitrogens with one attached hydrogen (secondary N) is 2. The number of carboxylic acid groups (broad SMARTS) is 2. The first kappa shape index (κ1) is 43.9. The summed E-state index contributed by atoms with van der Waals surface area (Å²) in [6.07, 6.45) is 1.24. The lowest BCUT2D eigenvalue weighted by atomic mass is 9.89. The molecule has 0 aliphatic rings. The van der Waals surface area contributed by atoms with E-state index in [0.717, 1.165) is 44.7 Å². The summed E-state index contributed by atoms with van der Waals surface area (Å²) < 4.78 is 19.0. The van der Waals surface area contributed by atoms with E-state index in [0.29, 0.717) is 84.1 Å². The van der Waals surface area contributed by atoms with Gasteiger partial charge in [0.25, 0.3) is 0 Å². The number of benzene rings is 4. The van der Waals surface area contributed by atoms with Crippen LogP contribution >= 0.6 is 15.9 Å². The second kappa shape index (κ2) is 22.0. The van der Waals surface area contributed by atoms with E-state index in [2.05, 4.69) is 88.9 Å². The van der Waals surface area contributed by atoms with Gasteiger partial charge in [-0.25, -0.2) is 0 Å². The second-order valence-electron chi connectivity index (χ2n) is 13.8. The Hall–Kier alpha value is -6.25. The van der Waals surface area contributed by atoms with E-state index in [1.165, 1.54) is 6.07 Å². The van der Waals surface area contributed by atoms with Gasteiger partial charge in [-0.3, -0.25) is 9.59 Å². The first-order chi connectivity index (χ1) is 28.6. The number of aromatic nitrogens is 1. The summed E-state index contributed by atoms with van der Waals surface area (Å²) >= 11 is 3.62. The Balaban J connectivity index is 1.29. The average Bonchev–Trinajstić information content (AvgIpc) is 3.23. The van der Waals surface area contributed by atoms with Gasteiger partial charge < -0.3 is 35.1 Å². The predicted molar refractivity (Wildman–Crippen MR) is 227 cm³/mol. The van der Waals surface area contributed by atoms with Gasteiger partial charge in [-0.1, -0.05) is 48.5 Å². The maximum absolute atomic E-state index is 11.0. The third kappa shape index (κ3) is 12.9. The molecule has 0 saturated carbocycles. The van der Waals surface area contributed by atoms with E-state index in [9.17, 15) is 20.1 Å². The van der Waals surface area contributed by atoms with Crippen molar-refractivity contribution in [1.82, 2.24) is 15.6 Å². The zero-order valence-electron chi connectivity index (χ0n) is 33.0. The maximum Gasteiger partial charge on any atom is 0.303 e. The number of rotatable bonds is 22. The first-order valence-electron chi connectivity index (χ1n) is 19.2. The molecular formula is C46H46BrN5O7. The number of halogens is 1. The highest BCUT2D eigenvalue weighted by Crippen LogP contribution is 2.36. The summed E-state index contributed by atoms with van der Waals surface area (Å²) in [7, 11) is 0. The highest BCUT2D eigenvalue weighted by atomic mass is 79.9. The lowest BCUT2D eigenvalue weighted by Gasteiger charge is -2.18. The quantitative estimate of drug-likeness (QED) is 0.0487. The van der Waals surface area contributed by atoms with E-state index in [4.69, 9.17) is 29.4 Å². The van der Waals surface area contributed by atoms with Gasteiger partial charge in [-0.2, -0.15) is 15.5 Å². The van der Waals surface area contributed by atoms with Crippen LogP contribution in [0.1, 0.15) is 64.6 Å². The Morgan fingerprint density at radius 2 is 1.31 bits per heavy atom. The fourth-order valence-corrected chi connectivity index (χ4v) is 6.95. The Bertz CT molecular complexity index is 2300. The zero-order valence-corrected chi connectivity index (χ0v) is 34.6. The van der Waals surface area contributed by atoms with Crippen LogP contribution in [0, 0.1) is 36.5 Å².